The van der Waals surface area contributed by atoms with Crippen molar-refractivity contribution in [3.8, 4) is 0 Å². The summed E-state index contributed by atoms with van der Waals surface area (Å²) in [6.07, 6.45) is -4.79. The lowest BCUT2D eigenvalue weighted by Crippen LogP contribution is -2.55. The van der Waals surface area contributed by atoms with E-state index in [9.17, 15) is 5.11 Å². The summed E-state index contributed by atoms with van der Waals surface area (Å²) < 4.78 is 4.81. The van der Waals surface area contributed by atoms with Crippen LogP contribution in [0.25, 0.3) is 10.4 Å². The molecule has 0 aromatic rings. The molecule has 0 amide bonds. The van der Waals surface area contributed by atoms with Crippen LogP contribution in [0.3, 0.4) is 0 Å². The van der Waals surface area contributed by atoms with Crippen molar-refractivity contribution >= 4 is 0 Å². The van der Waals surface area contributed by atoms with Gasteiger partial charge >= 0.3 is 0 Å². The van der Waals surface area contributed by atoms with Gasteiger partial charge in [-0.2, -0.15) is 0 Å². The van der Waals surface area contributed by atoms with Gasteiger partial charge in [-0.05, 0) is 12.5 Å². The molecule has 13 heavy (non-hydrogen) atoms. The Morgan fingerprint density at radius 1 is 1.31 bits per heavy atom. The maximum Gasteiger partial charge on any atom is 0.183 e. The van der Waals surface area contributed by atoms with Crippen molar-refractivity contribution in [1.82, 2.24) is 0 Å². The predicted octanol–water partition coefficient (Wildman–Crippen LogP) is -0.876. The highest BCUT2D eigenvalue weighted by molar-refractivity contribution is 4.91. The topological polar surface area (TPSA) is 119 Å². The Labute approximate surface area is 74.2 Å². The van der Waals surface area contributed by atoms with Crippen molar-refractivity contribution < 1.29 is 20.1 Å². The van der Waals surface area contributed by atoms with Crippen molar-refractivity contribution in [1.29, 1.82) is 0 Å². The maximum atomic E-state index is 9.35. The van der Waals surface area contributed by atoms with Gasteiger partial charge in [0.15, 0.2) is 6.29 Å². The SMILES string of the molecule is C[C@H]1OC(O)[C@@H](O)[C@@H](O)[C@@H]1N=[N+]=[N-]. The van der Waals surface area contributed by atoms with Crippen molar-refractivity contribution in [2.45, 2.75) is 37.6 Å². The monoisotopic (exact) mass is 189 g/mol. The Morgan fingerprint density at radius 3 is 2.46 bits per heavy atom. The van der Waals surface area contributed by atoms with Gasteiger partial charge in [-0.1, -0.05) is 5.11 Å². The second-order valence-electron chi connectivity index (χ2n) is 2.91. The van der Waals surface area contributed by atoms with Crippen LogP contribution >= 0.6 is 0 Å². The molecule has 3 N–H and O–H groups in total. The maximum absolute atomic E-state index is 9.35. The Morgan fingerprint density at radius 2 is 1.92 bits per heavy atom. The van der Waals surface area contributed by atoms with Crippen LogP contribution in [-0.2, 0) is 4.74 Å². The van der Waals surface area contributed by atoms with Gasteiger partial charge in [0.25, 0.3) is 0 Å². The lowest BCUT2D eigenvalue weighted by molar-refractivity contribution is -0.249. The largest absolute Gasteiger partial charge is 0.390 e. The van der Waals surface area contributed by atoms with Crippen molar-refractivity contribution in [3.05, 3.63) is 10.4 Å². The average molecular weight is 189 g/mol. The van der Waals surface area contributed by atoms with Crippen LogP contribution in [0.2, 0.25) is 0 Å². The van der Waals surface area contributed by atoms with Crippen molar-refractivity contribution in [2.75, 3.05) is 0 Å². The van der Waals surface area contributed by atoms with Crippen LogP contribution in [0, 0.1) is 0 Å². The molecule has 7 nitrogen and oxygen atoms in total. The molecule has 1 saturated heterocycles. The molecule has 1 heterocycles. The van der Waals surface area contributed by atoms with E-state index in [2.05, 4.69) is 10.0 Å². The smallest absolute Gasteiger partial charge is 0.183 e. The molecular formula is C6H11N3O4. The Kier molecular flexibility index (Phi) is 3.07. The second-order valence-corrected chi connectivity index (χ2v) is 2.91. The number of aliphatic hydroxyl groups excluding tert-OH is 3. The van der Waals surface area contributed by atoms with Gasteiger partial charge in [-0.25, -0.2) is 0 Å². The Bertz CT molecular complexity index is 230. The minimum Gasteiger partial charge on any atom is -0.390 e. The molecule has 1 aliphatic heterocycles. The average Bonchev–Trinajstić information content (AvgIpc) is 2.09. The molecule has 1 aliphatic rings. The minimum absolute atomic E-state index is 0.621. The Hall–Kier alpha value is -0.850. The molecule has 0 radical (unpaired) electrons. The molecule has 1 rings (SSSR count). The molecule has 0 aromatic heterocycles. The fourth-order valence-electron chi connectivity index (χ4n) is 1.25. The third kappa shape index (κ3) is 1.90. The number of ether oxygens (including phenoxy) is 1. The van der Waals surface area contributed by atoms with E-state index >= 15 is 0 Å². The minimum atomic E-state index is -1.44. The molecule has 0 bridgehead atoms. The zero-order valence-corrected chi connectivity index (χ0v) is 6.98. The van der Waals surface area contributed by atoms with E-state index in [0.29, 0.717) is 0 Å². The highest BCUT2D eigenvalue weighted by Crippen LogP contribution is 2.21. The van der Waals surface area contributed by atoms with Crippen LogP contribution in [0.1, 0.15) is 6.92 Å². The second kappa shape index (κ2) is 3.91. The summed E-state index contributed by atoms with van der Waals surface area (Å²) in [6, 6.07) is -0.872. The van der Waals surface area contributed by atoms with E-state index in [1.165, 1.54) is 6.92 Å². The summed E-state index contributed by atoms with van der Waals surface area (Å²) in [7, 11) is 0. The first-order valence-corrected chi connectivity index (χ1v) is 3.81. The summed E-state index contributed by atoms with van der Waals surface area (Å²) in [6.45, 7) is 1.54. The number of hydrogen-bond acceptors (Lipinski definition) is 5. The van der Waals surface area contributed by atoms with Crippen LogP contribution in [-0.4, -0.2) is 46.0 Å². The zero-order chi connectivity index (χ0) is 10.0. The summed E-state index contributed by atoms with van der Waals surface area (Å²) in [5, 5.41) is 30.8. The predicted molar refractivity (Wildman–Crippen MR) is 41.5 cm³/mol. The molecule has 1 unspecified atom stereocenters. The van der Waals surface area contributed by atoms with E-state index < -0.39 is 30.6 Å². The highest BCUT2D eigenvalue weighted by atomic mass is 16.6. The van der Waals surface area contributed by atoms with Gasteiger partial charge in [0, 0.05) is 4.91 Å². The van der Waals surface area contributed by atoms with E-state index in [-0.39, 0.29) is 0 Å². The fourth-order valence-corrected chi connectivity index (χ4v) is 1.25. The summed E-state index contributed by atoms with van der Waals surface area (Å²) >= 11 is 0. The van der Waals surface area contributed by atoms with Gasteiger partial charge in [0.05, 0.1) is 18.2 Å². The van der Waals surface area contributed by atoms with Crippen molar-refractivity contribution in [3.63, 3.8) is 0 Å². The first-order chi connectivity index (χ1) is 6.07. The molecule has 0 aliphatic carbocycles. The van der Waals surface area contributed by atoms with Crippen LogP contribution < -0.4 is 0 Å². The van der Waals surface area contributed by atoms with E-state index in [0.717, 1.165) is 0 Å². The number of hydrogen-bond donors (Lipinski definition) is 3. The molecule has 7 heteroatoms. The third-order valence-electron chi connectivity index (χ3n) is 2.01. The van der Waals surface area contributed by atoms with Gasteiger partial charge in [-0.3, -0.25) is 0 Å². The van der Waals surface area contributed by atoms with E-state index in [1.807, 2.05) is 0 Å². The van der Waals surface area contributed by atoms with Gasteiger partial charge in [-0.15, -0.1) is 0 Å². The Balaban J connectivity index is 2.78. The fraction of sp³-hybridized carbons (Fsp3) is 1.00. The van der Waals surface area contributed by atoms with Crippen LogP contribution in [0.15, 0.2) is 5.11 Å². The molecule has 74 valence electrons. The summed E-state index contributed by atoms with van der Waals surface area (Å²) in [5.41, 5.74) is 8.15. The lowest BCUT2D eigenvalue weighted by atomic mass is 9.98. The quantitative estimate of drug-likeness (QED) is 0.282. The highest BCUT2D eigenvalue weighted by Gasteiger charge is 2.41. The number of nitrogens with zero attached hydrogens (tertiary/aromatic N) is 3. The molecule has 5 atom stereocenters. The van der Waals surface area contributed by atoms with E-state index in [1.54, 1.807) is 0 Å². The van der Waals surface area contributed by atoms with Crippen LogP contribution in [0.5, 0.6) is 0 Å². The number of azide groups is 1. The molecule has 1 fully saturated rings. The standard InChI is InChI=1S/C6H11N3O4/c1-2-3(8-9-7)4(10)5(11)6(12)13-2/h2-6,10-12H,1H3/t2-,3-,4+,5+,6?/m1/s1. The molecule has 0 saturated carbocycles. The first-order valence-electron chi connectivity index (χ1n) is 3.81. The number of aliphatic hydroxyl groups is 3. The van der Waals surface area contributed by atoms with E-state index in [4.69, 9.17) is 20.5 Å². The molecule has 0 spiro atoms. The third-order valence-corrected chi connectivity index (χ3v) is 2.01. The van der Waals surface area contributed by atoms with Gasteiger partial charge in [0.1, 0.15) is 6.10 Å². The molecule has 0 aromatic carbocycles. The normalized spacial score (nSPS) is 45.4. The lowest BCUT2D eigenvalue weighted by Gasteiger charge is -2.37. The molecular weight excluding hydrogens is 178 g/mol. The van der Waals surface area contributed by atoms with Crippen molar-refractivity contribution in [2.24, 2.45) is 5.11 Å². The van der Waals surface area contributed by atoms with Gasteiger partial charge < -0.3 is 20.1 Å². The van der Waals surface area contributed by atoms with Gasteiger partial charge in [0.2, 0.25) is 0 Å². The van der Waals surface area contributed by atoms with Crippen LogP contribution in [0.4, 0.5) is 0 Å². The summed E-state index contributed by atoms with van der Waals surface area (Å²) in [5.74, 6) is 0. The summed E-state index contributed by atoms with van der Waals surface area (Å²) in [4.78, 5) is 2.51. The number of rotatable bonds is 1. The first kappa shape index (κ1) is 10.2. The zero-order valence-electron chi connectivity index (χ0n) is 6.98.